The van der Waals surface area contributed by atoms with Gasteiger partial charge in [0.15, 0.2) is 17.2 Å². The maximum absolute atomic E-state index is 13.2. The molecule has 1 aromatic carbocycles. The van der Waals surface area contributed by atoms with E-state index in [1.165, 1.54) is 6.92 Å². The zero-order valence-electron chi connectivity index (χ0n) is 17.1. The van der Waals surface area contributed by atoms with Crippen molar-refractivity contribution in [1.29, 1.82) is 0 Å². The standard InChI is InChI=1S/C21H32N2O4S/c1-14(2)12-17(22)20(26)21(27,16-8-6-5-7-9-16)15(3)19(25)18(23-13-24)10-11-28-4/h5-9,13-15,17-18,27H,10-12,22H2,1-4H3,(H,23,24). The summed E-state index contributed by atoms with van der Waals surface area (Å²) in [4.78, 5) is 37.3. The maximum Gasteiger partial charge on any atom is 0.207 e. The van der Waals surface area contributed by atoms with Crippen molar-refractivity contribution in [3.8, 4) is 0 Å². The van der Waals surface area contributed by atoms with Gasteiger partial charge in [-0.3, -0.25) is 14.4 Å². The minimum atomic E-state index is -2.06. The van der Waals surface area contributed by atoms with Crippen molar-refractivity contribution in [2.45, 2.75) is 51.3 Å². The van der Waals surface area contributed by atoms with E-state index in [1.54, 1.807) is 42.1 Å². The lowest BCUT2D eigenvalue weighted by Crippen LogP contribution is -2.55. The number of thioether (sulfide) groups is 1. The Labute approximate surface area is 171 Å². The Morgan fingerprint density at radius 3 is 2.36 bits per heavy atom. The molecule has 1 amide bonds. The van der Waals surface area contributed by atoms with Crippen LogP contribution in [0.4, 0.5) is 0 Å². The minimum Gasteiger partial charge on any atom is -0.376 e. The van der Waals surface area contributed by atoms with E-state index < -0.39 is 35.2 Å². The molecule has 1 aromatic rings. The van der Waals surface area contributed by atoms with Gasteiger partial charge in [-0.25, -0.2) is 0 Å². The lowest BCUT2D eigenvalue weighted by Gasteiger charge is -2.36. The molecule has 0 saturated heterocycles. The number of benzene rings is 1. The van der Waals surface area contributed by atoms with E-state index in [9.17, 15) is 19.5 Å². The maximum atomic E-state index is 13.2. The molecule has 0 saturated carbocycles. The highest BCUT2D eigenvalue weighted by Crippen LogP contribution is 2.34. The highest BCUT2D eigenvalue weighted by atomic mass is 32.2. The van der Waals surface area contributed by atoms with Gasteiger partial charge in [0.1, 0.15) is 0 Å². The first kappa shape index (κ1) is 24.3. The van der Waals surface area contributed by atoms with Gasteiger partial charge in [0.25, 0.3) is 0 Å². The van der Waals surface area contributed by atoms with E-state index >= 15 is 0 Å². The summed E-state index contributed by atoms with van der Waals surface area (Å²) in [5.74, 6) is -1.22. The molecule has 4 atom stereocenters. The van der Waals surface area contributed by atoms with Crippen LogP contribution in [0.3, 0.4) is 0 Å². The Bertz CT molecular complexity index is 653. The van der Waals surface area contributed by atoms with Crippen LogP contribution in [-0.4, -0.2) is 47.2 Å². The summed E-state index contributed by atoms with van der Waals surface area (Å²) in [6.07, 6.45) is 3.20. The molecular weight excluding hydrogens is 376 g/mol. The van der Waals surface area contributed by atoms with Crippen LogP contribution >= 0.6 is 11.8 Å². The van der Waals surface area contributed by atoms with Gasteiger partial charge in [-0.15, -0.1) is 0 Å². The molecule has 4 unspecified atom stereocenters. The Hall–Kier alpha value is -1.70. The van der Waals surface area contributed by atoms with E-state index in [0.29, 0.717) is 30.6 Å². The second-order valence-electron chi connectivity index (χ2n) is 7.48. The van der Waals surface area contributed by atoms with Gasteiger partial charge in [-0.2, -0.15) is 11.8 Å². The molecule has 156 valence electrons. The molecule has 0 bridgehead atoms. The van der Waals surface area contributed by atoms with E-state index in [4.69, 9.17) is 5.73 Å². The summed E-state index contributed by atoms with van der Waals surface area (Å²) >= 11 is 1.55. The van der Waals surface area contributed by atoms with Crippen molar-refractivity contribution in [1.82, 2.24) is 5.32 Å². The van der Waals surface area contributed by atoms with Gasteiger partial charge in [0.2, 0.25) is 6.41 Å². The summed E-state index contributed by atoms with van der Waals surface area (Å²) in [6.45, 7) is 5.40. The number of amides is 1. The predicted octanol–water partition coefficient (Wildman–Crippen LogP) is 1.89. The summed E-state index contributed by atoms with van der Waals surface area (Å²) < 4.78 is 0. The fourth-order valence-electron chi connectivity index (χ4n) is 3.33. The van der Waals surface area contributed by atoms with Gasteiger partial charge in [0.05, 0.1) is 18.0 Å². The van der Waals surface area contributed by atoms with E-state index in [1.807, 2.05) is 20.1 Å². The van der Waals surface area contributed by atoms with Crippen LogP contribution in [0.5, 0.6) is 0 Å². The number of nitrogens with one attached hydrogen (secondary N) is 1. The molecule has 0 fully saturated rings. The van der Waals surface area contributed by atoms with Crippen molar-refractivity contribution in [3.05, 3.63) is 35.9 Å². The molecule has 0 aliphatic heterocycles. The Morgan fingerprint density at radius 2 is 1.86 bits per heavy atom. The van der Waals surface area contributed by atoms with Crippen LogP contribution < -0.4 is 11.1 Å². The van der Waals surface area contributed by atoms with Crippen LogP contribution in [-0.2, 0) is 20.0 Å². The Balaban J connectivity index is 3.32. The molecule has 0 aliphatic carbocycles. The highest BCUT2D eigenvalue weighted by molar-refractivity contribution is 7.98. The number of hydrogen-bond acceptors (Lipinski definition) is 6. The summed E-state index contributed by atoms with van der Waals surface area (Å²) in [7, 11) is 0. The molecular formula is C21H32N2O4S. The average molecular weight is 409 g/mol. The average Bonchev–Trinajstić information content (AvgIpc) is 2.68. The van der Waals surface area contributed by atoms with Gasteiger partial charge in [0, 0.05) is 0 Å². The van der Waals surface area contributed by atoms with Crippen molar-refractivity contribution >= 4 is 29.7 Å². The zero-order chi connectivity index (χ0) is 21.3. The number of ketones is 2. The van der Waals surface area contributed by atoms with E-state index in [-0.39, 0.29) is 5.92 Å². The first-order valence-corrected chi connectivity index (χ1v) is 10.9. The smallest absolute Gasteiger partial charge is 0.207 e. The van der Waals surface area contributed by atoms with Crippen LogP contribution in [0, 0.1) is 11.8 Å². The number of nitrogens with two attached hydrogens (primary N) is 1. The highest BCUT2D eigenvalue weighted by Gasteiger charge is 2.49. The lowest BCUT2D eigenvalue weighted by molar-refractivity contribution is -0.153. The molecule has 0 aromatic heterocycles. The Kier molecular flexibility index (Phi) is 9.85. The summed E-state index contributed by atoms with van der Waals surface area (Å²) in [5.41, 5.74) is 4.37. The van der Waals surface area contributed by atoms with E-state index in [2.05, 4.69) is 5.32 Å². The van der Waals surface area contributed by atoms with Crippen molar-refractivity contribution in [2.75, 3.05) is 12.0 Å². The SMILES string of the molecule is CSCCC(NC=O)C(=O)C(C)C(O)(C(=O)C(N)CC(C)C)c1ccccc1. The topological polar surface area (TPSA) is 109 Å². The first-order valence-electron chi connectivity index (χ1n) is 9.50. The summed E-state index contributed by atoms with van der Waals surface area (Å²) in [6, 6.07) is 6.74. The van der Waals surface area contributed by atoms with Gasteiger partial charge >= 0.3 is 0 Å². The quantitative estimate of drug-likeness (QED) is 0.430. The summed E-state index contributed by atoms with van der Waals surface area (Å²) in [5, 5.41) is 14.1. The fourth-order valence-corrected chi connectivity index (χ4v) is 3.80. The third-order valence-corrected chi connectivity index (χ3v) is 5.57. The largest absolute Gasteiger partial charge is 0.376 e. The third kappa shape index (κ3) is 5.90. The molecule has 7 heteroatoms. The predicted molar refractivity (Wildman–Crippen MR) is 113 cm³/mol. The number of carbonyl (C=O) groups excluding carboxylic acids is 3. The number of rotatable bonds is 13. The molecule has 0 aliphatic rings. The van der Waals surface area contributed by atoms with Crippen LogP contribution in [0.2, 0.25) is 0 Å². The van der Waals surface area contributed by atoms with Crippen LogP contribution in [0.1, 0.15) is 39.2 Å². The normalized spacial score (nSPS) is 16.7. The minimum absolute atomic E-state index is 0.163. The first-order chi connectivity index (χ1) is 13.2. The monoisotopic (exact) mass is 408 g/mol. The van der Waals surface area contributed by atoms with Crippen LogP contribution in [0.25, 0.3) is 0 Å². The molecule has 0 radical (unpaired) electrons. The number of aliphatic hydroxyl groups is 1. The van der Waals surface area contributed by atoms with Gasteiger partial charge < -0.3 is 16.2 Å². The molecule has 4 N–H and O–H groups in total. The zero-order valence-corrected chi connectivity index (χ0v) is 17.9. The molecule has 0 heterocycles. The molecule has 0 spiro atoms. The number of hydrogen-bond donors (Lipinski definition) is 3. The number of Topliss-reactive ketones (excluding diaryl/α,β-unsaturated/α-hetero) is 2. The van der Waals surface area contributed by atoms with Crippen molar-refractivity contribution < 1.29 is 19.5 Å². The number of carbonyl (C=O) groups is 3. The molecule has 6 nitrogen and oxygen atoms in total. The Morgan fingerprint density at radius 1 is 1.25 bits per heavy atom. The van der Waals surface area contributed by atoms with Crippen molar-refractivity contribution in [2.24, 2.45) is 17.6 Å². The second-order valence-corrected chi connectivity index (χ2v) is 8.46. The fraction of sp³-hybridized carbons (Fsp3) is 0.571. The van der Waals surface area contributed by atoms with Gasteiger partial charge in [-0.05, 0) is 36.3 Å². The van der Waals surface area contributed by atoms with Crippen molar-refractivity contribution in [3.63, 3.8) is 0 Å². The van der Waals surface area contributed by atoms with Gasteiger partial charge in [-0.1, -0.05) is 51.1 Å². The van der Waals surface area contributed by atoms with Crippen LogP contribution in [0.15, 0.2) is 30.3 Å². The van der Waals surface area contributed by atoms with E-state index in [0.717, 1.165) is 0 Å². The third-order valence-electron chi connectivity index (χ3n) is 4.93. The lowest BCUT2D eigenvalue weighted by atomic mass is 9.72. The second kappa shape index (κ2) is 11.3. The molecule has 28 heavy (non-hydrogen) atoms. The molecule has 1 rings (SSSR count).